The topological polar surface area (TPSA) is 49.3 Å². The van der Waals surface area contributed by atoms with Gasteiger partial charge in [0.25, 0.3) is 0 Å². The van der Waals surface area contributed by atoms with Crippen molar-refractivity contribution in [3.63, 3.8) is 0 Å². The molecule has 17 heavy (non-hydrogen) atoms. The van der Waals surface area contributed by atoms with Crippen LogP contribution in [0.25, 0.3) is 0 Å². The molecule has 0 fully saturated rings. The lowest BCUT2D eigenvalue weighted by Crippen LogP contribution is -2.34. The van der Waals surface area contributed by atoms with Gasteiger partial charge in [0.05, 0.1) is 5.71 Å². The number of nitrogens with zero attached hydrogens (tertiary/aromatic N) is 2. The van der Waals surface area contributed by atoms with Crippen molar-refractivity contribution in [2.45, 2.75) is 20.8 Å². The Hall–Kier alpha value is -1.49. The van der Waals surface area contributed by atoms with Crippen LogP contribution in [0.2, 0.25) is 0 Å². The fraction of sp³-hybridized carbons (Fsp3) is 0.417. The largest absolute Gasteiger partial charge is 0.361 e. The zero-order chi connectivity index (χ0) is 12.7. The Bertz CT molecular complexity index is 387. The van der Waals surface area contributed by atoms with E-state index in [1.165, 1.54) is 0 Å². The van der Waals surface area contributed by atoms with Gasteiger partial charge in [-0.25, -0.2) is 0 Å². The van der Waals surface area contributed by atoms with Crippen LogP contribution in [0.1, 0.15) is 26.3 Å². The summed E-state index contributed by atoms with van der Waals surface area (Å²) in [5, 5.41) is 7.83. The average molecular weight is 250 g/mol. The highest BCUT2D eigenvalue weighted by atomic mass is 32.1. The van der Waals surface area contributed by atoms with E-state index < -0.39 is 0 Å². The van der Waals surface area contributed by atoms with Crippen LogP contribution < -0.4 is 10.7 Å². The second kappa shape index (κ2) is 6.96. The molecule has 0 spiro atoms. The van der Waals surface area contributed by atoms with Crippen molar-refractivity contribution in [1.82, 2.24) is 15.7 Å². The zero-order valence-electron chi connectivity index (χ0n) is 10.4. The molecule has 0 aromatic carbocycles. The van der Waals surface area contributed by atoms with Crippen molar-refractivity contribution >= 4 is 23.0 Å². The lowest BCUT2D eigenvalue weighted by molar-refractivity contribution is 0.621. The Morgan fingerprint density at radius 3 is 2.88 bits per heavy atom. The van der Waals surface area contributed by atoms with Crippen LogP contribution in [-0.2, 0) is 0 Å². The number of pyridine rings is 1. The molecule has 2 N–H and O–H groups in total. The van der Waals surface area contributed by atoms with Gasteiger partial charge in [0.1, 0.15) is 0 Å². The third kappa shape index (κ3) is 5.40. The first-order valence-corrected chi connectivity index (χ1v) is 5.99. The van der Waals surface area contributed by atoms with Crippen LogP contribution in [0.3, 0.4) is 0 Å². The molecule has 0 atom stereocenters. The monoisotopic (exact) mass is 250 g/mol. The van der Waals surface area contributed by atoms with E-state index in [1.807, 2.05) is 19.1 Å². The van der Waals surface area contributed by atoms with Crippen LogP contribution in [0, 0.1) is 5.92 Å². The molecule has 1 aromatic heterocycles. The Morgan fingerprint density at radius 1 is 1.53 bits per heavy atom. The van der Waals surface area contributed by atoms with E-state index in [4.69, 9.17) is 12.2 Å². The smallest absolute Gasteiger partial charge is 0.186 e. The van der Waals surface area contributed by atoms with Crippen LogP contribution in [-0.4, -0.2) is 22.4 Å². The Morgan fingerprint density at radius 2 is 2.29 bits per heavy atom. The van der Waals surface area contributed by atoms with Crippen molar-refractivity contribution in [3.8, 4) is 0 Å². The second-order valence-electron chi connectivity index (χ2n) is 4.15. The molecule has 0 saturated carbocycles. The SMILES string of the molecule is C/C(=N/NC(=S)NCC(C)C)c1cccnc1. The fourth-order valence-electron chi connectivity index (χ4n) is 1.11. The van der Waals surface area contributed by atoms with Crippen molar-refractivity contribution in [2.24, 2.45) is 11.0 Å². The predicted octanol–water partition coefficient (Wildman–Crippen LogP) is 1.93. The Kier molecular flexibility index (Phi) is 5.56. The summed E-state index contributed by atoms with van der Waals surface area (Å²) in [7, 11) is 0. The molecular weight excluding hydrogens is 232 g/mol. The number of thiocarbonyl (C=S) groups is 1. The van der Waals surface area contributed by atoms with Crippen molar-refractivity contribution in [1.29, 1.82) is 0 Å². The summed E-state index contributed by atoms with van der Waals surface area (Å²) >= 11 is 5.10. The first kappa shape index (κ1) is 13.6. The van der Waals surface area contributed by atoms with Crippen LogP contribution in [0.4, 0.5) is 0 Å². The first-order chi connectivity index (χ1) is 8.09. The molecule has 92 valence electrons. The molecule has 0 bridgehead atoms. The molecule has 0 aliphatic carbocycles. The summed E-state index contributed by atoms with van der Waals surface area (Å²) in [5.74, 6) is 0.554. The minimum Gasteiger partial charge on any atom is -0.361 e. The van der Waals surface area contributed by atoms with E-state index in [0.717, 1.165) is 17.8 Å². The number of hydrazone groups is 1. The molecule has 0 radical (unpaired) electrons. The maximum absolute atomic E-state index is 5.10. The van der Waals surface area contributed by atoms with E-state index in [-0.39, 0.29) is 0 Å². The van der Waals surface area contributed by atoms with Gasteiger partial charge in [0.15, 0.2) is 5.11 Å². The van der Waals surface area contributed by atoms with Gasteiger partial charge in [-0.3, -0.25) is 10.4 Å². The minimum absolute atomic E-state index is 0.543. The Labute approximate surface area is 108 Å². The second-order valence-corrected chi connectivity index (χ2v) is 4.56. The van der Waals surface area contributed by atoms with Crippen molar-refractivity contribution in [3.05, 3.63) is 30.1 Å². The quantitative estimate of drug-likeness (QED) is 0.487. The number of hydrogen-bond acceptors (Lipinski definition) is 3. The normalized spacial score (nSPS) is 11.4. The predicted molar refractivity (Wildman–Crippen MR) is 75.0 cm³/mol. The minimum atomic E-state index is 0.543. The van der Waals surface area contributed by atoms with E-state index in [2.05, 4.69) is 34.7 Å². The third-order valence-corrected chi connectivity index (χ3v) is 2.31. The standard InChI is InChI=1S/C12H18N4S/c1-9(2)7-14-12(17)16-15-10(3)11-5-4-6-13-8-11/h4-6,8-9H,7H2,1-3H3,(H2,14,16,17)/b15-10-. The molecule has 1 heterocycles. The lowest BCUT2D eigenvalue weighted by Gasteiger charge is -2.09. The van der Waals surface area contributed by atoms with Gasteiger partial charge in [-0.2, -0.15) is 5.10 Å². The van der Waals surface area contributed by atoms with Crippen LogP contribution in [0.5, 0.6) is 0 Å². The third-order valence-electron chi connectivity index (χ3n) is 2.08. The van der Waals surface area contributed by atoms with Crippen LogP contribution >= 0.6 is 12.2 Å². The zero-order valence-corrected chi connectivity index (χ0v) is 11.2. The molecule has 0 aliphatic heterocycles. The molecule has 0 unspecified atom stereocenters. The van der Waals surface area contributed by atoms with Gasteiger partial charge < -0.3 is 5.32 Å². The van der Waals surface area contributed by atoms with Gasteiger partial charge in [-0.05, 0) is 31.1 Å². The first-order valence-electron chi connectivity index (χ1n) is 5.58. The molecule has 5 heteroatoms. The molecule has 4 nitrogen and oxygen atoms in total. The van der Waals surface area contributed by atoms with Gasteiger partial charge in [0.2, 0.25) is 0 Å². The van der Waals surface area contributed by atoms with Crippen molar-refractivity contribution < 1.29 is 0 Å². The fourth-order valence-corrected chi connectivity index (χ4v) is 1.24. The average Bonchev–Trinajstić information content (AvgIpc) is 2.34. The maximum atomic E-state index is 5.10. The number of nitrogens with one attached hydrogen (secondary N) is 2. The van der Waals surface area contributed by atoms with Gasteiger partial charge >= 0.3 is 0 Å². The summed E-state index contributed by atoms with van der Waals surface area (Å²) < 4.78 is 0. The maximum Gasteiger partial charge on any atom is 0.186 e. The molecule has 0 saturated heterocycles. The van der Waals surface area contributed by atoms with Gasteiger partial charge in [-0.15, -0.1) is 0 Å². The molecule has 0 aliphatic rings. The number of aromatic nitrogens is 1. The number of hydrogen-bond donors (Lipinski definition) is 2. The summed E-state index contributed by atoms with van der Waals surface area (Å²) in [4.78, 5) is 4.04. The highest BCUT2D eigenvalue weighted by Crippen LogP contribution is 1.97. The van der Waals surface area contributed by atoms with Gasteiger partial charge in [0, 0.05) is 24.5 Å². The van der Waals surface area contributed by atoms with E-state index >= 15 is 0 Å². The van der Waals surface area contributed by atoms with Gasteiger partial charge in [-0.1, -0.05) is 19.9 Å². The molecule has 1 rings (SSSR count). The summed E-state index contributed by atoms with van der Waals surface area (Å²) in [5.41, 5.74) is 4.65. The summed E-state index contributed by atoms with van der Waals surface area (Å²) in [6.45, 7) is 7.00. The lowest BCUT2D eigenvalue weighted by atomic mass is 10.2. The highest BCUT2D eigenvalue weighted by molar-refractivity contribution is 7.80. The molecule has 1 aromatic rings. The van der Waals surface area contributed by atoms with Crippen LogP contribution in [0.15, 0.2) is 29.6 Å². The van der Waals surface area contributed by atoms with E-state index in [0.29, 0.717) is 11.0 Å². The van der Waals surface area contributed by atoms with E-state index in [9.17, 15) is 0 Å². The van der Waals surface area contributed by atoms with E-state index in [1.54, 1.807) is 12.4 Å². The number of rotatable bonds is 4. The summed E-state index contributed by atoms with van der Waals surface area (Å²) in [6.07, 6.45) is 3.50. The molecular formula is C12H18N4S. The van der Waals surface area contributed by atoms with Crippen molar-refractivity contribution in [2.75, 3.05) is 6.54 Å². The Balaban J connectivity index is 2.46. The highest BCUT2D eigenvalue weighted by Gasteiger charge is 1.98. The summed E-state index contributed by atoms with van der Waals surface area (Å²) in [6, 6.07) is 3.84. The molecule has 0 amide bonds.